The predicted molar refractivity (Wildman–Crippen MR) is 51.9 cm³/mol. The van der Waals surface area contributed by atoms with Gasteiger partial charge in [-0.2, -0.15) is 0 Å². The van der Waals surface area contributed by atoms with Crippen molar-refractivity contribution in [3.63, 3.8) is 0 Å². The van der Waals surface area contributed by atoms with E-state index in [0.29, 0.717) is 0 Å². The Balaban J connectivity index is 3.10. The van der Waals surface area contributed by atoms with Crippen molar-refractivity contribution in [3.8, 4) is 5.75 Å². The smallest absolute Gasteiger partial charge is 0.168 e. The van der Waals surface area contributed by atoms with Crippen LogP contribution in [-0.2, 0) is 0 Å². The van der Waals surface area contributed by atoms with Crippen LogP contribution in [0.5, 0.6) is 5.75 Å². The van der Waals surface area contributed by atoms with Gasteiger partial charge in [-0.1, -0.05) is 20.8 Å². The molecule has 1 rings (SSSR count). The van der Waals surface area contributed by atoms with Crippen LogP contribution in [0, 0.1) is 11.2 Å². The van der Waals surface area contributed by atoms with Gasteiger partial charge in [0.2, 0.25) is 0 Å². The number of phenolic OH excluding ortho intramolecular Hbond substituents is 1. The third-order valence-electron chi connectivity index (χ3n) is 1.89. The van der Waals surface area contributed by atoms with E-state index in [1.165, 1.54) is 12.1 Å². The van der Waals surface area contributed by atoms with Gasteiger partial charge in [0.25, 0.3) is 0 Å². The van der Waals surface area contributed by atoms with Crippen LogP contribution in [-0.4, -0.2) is 10.9 Å². The second-order valence-electron chi connectivity index (χ2n) is 4.25. The second-order valence-corrected chi connectivity index (χ2v) is 4.25. The zero-order valence-corrected chi connectivity index (χ0v) is 8.47. The predicted octanol–water partition coefficient (Wildman–Crippen LogP) is 2.76. The van der Waals surface area contributed by atoms with E-state index in [1.807, 2.05) is 0 Å². The lowest BCUT2D eigenvalue weighted by Crippen LogP contribution is -2.20. The quantitative estimate of drug-likeness (QED) is 0.701. The molecular formula is C11H13FO2. The summed E-state index contributed by atoms with van der Waals surface area (Å²) in [6, 6.07) is 3.67. The monoisotopic (exact) mass is 196 g/mol. The molecule has 76 valence electrons. The average Bonchev–Trinajstić information content (AvgIpc) is 2.07. The van der Waals surface area contributed by atoms with Gasteiger partial charge >= 0.3 is 0 Å². The van der Waals surface area contributed by atoms with Gasteiger partial charge in [0.15, 0.2) is 17.3 Å². The number of ketones is 1. The zero-order chi connectivity index (χ0) is 10.9. The molecule has 0 aliphatic heterocycles. The first-order valence-electron chi connectivity index (χ1n) is 4.35. The van der Waals surface area contributed by atoms with Crippen LogP contribution in [0.25, 0.3) is 0 Å². The van der Waals surface area contributed by atoms with Crippen molar-refractivity contribution in [2.24, 2.45) is 5.41 Å². The third-order valence-corrected chi connectivity index (χ3v) is 1.89. The Labute approximate surface area is 82.4 Å². The van der Waals surface area contributed by atoms with Crippen LogP contribution < -0.4 is 0 Å². The van der Waals surface area contributed by atoms with E-state index in [9.17, 15) is 9.18 Å². The van der Waals surface area contributed by atoms with Crippen LogP contribution in [0.4, 0.5) is 4.39 Å². The molecule has 0 fully saturated rings. The maximum absolute atomic E-state index is 12.9. The fourth-order valence-electron chi connectivity index (χ4n) is 1.08. The summed E-state index contributed by atoms with van der Waals surface area (Å²) in [7, 11) is 0. The Hall–Kier alpha value is -1.38. The number of rotatable bonds is 1. The second kappa shape index (κ2) is 3.40. The van der Waals surface area contributed by atoms with Gasteiger partial charge in [-0.05, 0) is 18.2 Å². The molecule has 3 heteroatoms. The molecule has 0 saturated heterocycles. The highest BCUT2D eigenvalue weighted by atomic mass is 19.1. The highest BCUT2D eigenvalue weighted by Crippen LogP contribution is 2.23. The van der Waals surface area contributed by atoms with Crippen molar-refractivity contribution in [2.45, 2.75) is 20.8 Å². The van der Waals surface area contributed by atoms with Gasteiger partial charge in [-0.25, -0.2) is 4.39 Å². The van der Waals surface area contributed by atoms with E-state index in [-0.39, 0.29) is 11.3 Å². The molecule has 0 atom stereocenters. The summed E-state index contributed by atoms with van der Waals surface area (Å²) < 4.78 is 12.9. The lowest BCUT2D eigenvalue weighted by Gasteiger charge is -2.16. The van der Waals surface area contributed by atoms with Crippen LogP contribution >= 0.6 is 0 Å². The molecule has 0 aromatic heterocycles. The summed E-state index contributed by atoms with van der Waals surface area (Å²) in [6.07, 6.45) is 0. The number of hydrogen-bond donors (Lipinski definition) is 1. The topological polar surface area (TPSA) is 37.3 Å². The number of halogens is 1. The van der Waals surface area contributed by atoms with Gasteiger partial charge in [-0.15, -0.1) is 0 Å². The summed E-state index contributed by atoms with van der Waals surface area (Å²) in [5.41, 5.74) is -0.253. The molecule has 0 radical (unpaired) electrons. The summed E-state index contributed by atoms with van der Waals surface area (Å²) in [4.78, 5) is 11.7. The Bertz CT molecular complexity index is 364. The fourth-order valence-corrected chi connectivity index (χ4v) is 1.08. The van der Waals surface area contributed by atoms with Crippen LogP contribution in [0.15, 0.2) is 18.2 Å². The standard InChI is InChI=1S/C11H13FO2/c1-11(2,3)10(14)7-4-5-9(13)8(12)6-7/h4-6,13H,1-3H3. The Morgan fingerprint density at radius 3 is 2.36 bits per heavy atom. The number of hydrogen-bond acceptors (Lipinski definition) is 2. The summed E-state index contributed by atoms with van der Waals surface area (Å²) in [5, 5.41) is 8.94. The van der Waals surface area contributed by atoms with Gasteiger partial charge in [-0.3, -0.25) is 4.79 Å². The first kappa shape index (κ1) is 10.7. The number of benzene rings is 1. The van der Waals surface area contributed by atoms with E-state index in [4.69, 9.17) is 5.11 Å². The van der Waals surface area contributed by atoms with Gasteiger partial charge in [0.1, 0.15) is 0 Å². The first-order chi connectivity index (χ1) is 6.32. The van der Waals surface area contributed by atoms with Gasteiger partial charge in [0.05, 0.1) is 0 Å². The summed E-state index contributed by atoms with van der Waals surface area (Å²) >= 11 is 0. The highest BCUT2D eigenvalue weighted by molar-refractivity contribution is 5.99. The number of aromatic hydroxyl groups is 1. The largest absolute Gasteiger partial charge is 0.505 e. The van der Waals surface area contributed by atoms with E-state index in [1.54, 1.807) is 20.8 Å². The number of Topliss-reactive ketones (excluding diaryl/α,β-unsaturated/α-hetero) is 1. The van der Waals surface area contributed by atoms with E-state index >= 15 is 0 Å². The number of carbonyl (C=O) groups excluding carboxylic acids is 1. The average molecular weight is 196 g/mol. The van der Waals surface area contributed by atoms with E-state index < -0.39 is 17.0 Å². The summed E-state index contributed by atoms with van der Waals surface area (Å²) in [6.45, 7) is 5.29. The van der Waals surface area contributed by atoms with Gasteiger partial charge < -0.3 is 5.11 Å². The molecule has 0 unspecified atom stereocenters. The van der Waals surface area contributed by atoms with Crippen LogP contribution in [0.2, 0.25) is 0 Å². The van der Waals surface area contributed by atoms with Crippen molar-refractivity contribution < 1.29 is 14.3 Å². The molecule has 0 heterocycles. The molecule has 2 nitrogen and oxygen atoms in total. The lowest BCUT2D eigenvalue weighted by molar-refractivity contribution is 0.0858. The molecule has 14 heavy (non-hydrogen) atoms. The minimum absolute atomic E-state index is 0.142. The maximum atomic E-state index is 12.9. The highest BCUT2D eigenvalue weighted by Gasteiger charge is 2.23. The molecule has 0 spiro atoms. The molecule has 0 aliphatic carbocycles. The first-order valence-corrected chi connectivity index (χ1v) is 4.35. The molecule has 1 N–H and O–H groups in total. The Morgan fingerprint density at radius 1 is 1.36 bits per heavy atom. The molecule has 0 saturated carbocycles. The van der Waals surface area contributed by atoms with Crippen molar-refractivity contribution in [1.82, 2.24) is 0 Å². The Kier molecular flexibility index (Phi) is 2.60. The molecule has 1 aromatic rings. The third kappa shape index (κ3) is 2.10. The van der Waals surface area contributed by atoms with Crippen molar-refractivity contribution in [3.05, 3.63) is 29.6 Å². The number of carbonyl (C=O) groups is 1. The molecular weight excluding hydrogens is 183 g/mol. The fraction of sp³-hybridized carbons (Fsp3) is 0.364. The van der Waals surface area contributed by atoms with E-state index in [0.717, 1.165) is 6.07 Å². The van der Waals surface area contributed by atoms with Crippen LogP contribution in [0.1, 0.15) is 31.1 Å². The van der Waals surface area contributed by atoms with Crippen molar-refractivity contribution in [2.75, 3.05) is 0 Å². The molecule has 0 aliphatic rings. The normalized spacial score (nSPS) is 11.4. The maximum Gasteiger partial charge on any atom is 0.168 e. The minimum Gasteiger partial charge on any atom is -0.505 e. The minimum atomic E-state index is -0.764. The Morgan fingerprint density at radius 2 is 1.93 bits per heavy atom. The molecule has 1 aromatic carbocycles. The lowest BCUT2D eigenvalue weighted by atomic mass is 9.86. The SMILES string of the molecule is CC(C)(C)C(=O)c1ccc(O)c(F)c1. The van der Waals surface area contributed by atoms with Crippen LogP contribution in [0.3, 0.4) is 0 Å². The number of phenols is 1. The molecule has 0 amide bonds. The van der Waals surface area contributed by atoms with Crippen molar-refractivity contribution >= 4 is 5.78 Å². The summed E-state index contributed by atoms with van der Waals surface area (Å²) in [5.74, 6) is -1.34. The molecule has 0 bridgehead atoms. The zero-order valence-electron chi connectivity index (χ0n) is 8.47. The van der Waals surface area contributed by atoms with Gasteiger partial charge in [0, 0.05) is 11.0 Å². The van der Waals surface area contributed by atoms with Crippen molar-refractivity contribution in [1.29, 1.82) is 0 Å². The van der Waals surface area contributed by atoms with E-state index in [2.05, 4.69) is 0 Å².